The van der Waals surface area contributed by atoms with Gasteiger partial charge in [-0.15, -0.1) is 0 Å². The van der Waals surface area contributed by atoms with Gasteiger partial charge < -0.3 is 4.74 Å². The number of pyridine rings is 1. The molecule has 1 aromatic rings. The first-order chi connectivity index (χ1) is 6.69. The topological polar surface area (TPSA) is 13.1 Å². The molecule has 0 radical (unpaired) electrons. The zero-order valence-corrected chi connectivity index (χ0v) is 9.63. The van der Waals surface area contributed by atoms with Crippen LogP contribution < -0.4 is 4.57 Å². The van der Waals surface area contributed by atoms with Crippen LogP contribution in [0.5, 0.6) is 0 Å². The van der Waals surface area contributed by atoms with E-state index in [-0.39, 0.29) is 0 Å². The Bertz CT molecular complexity index is 307. The summed E-state index contributed by atoms with van der Waals surface area (Å²) in [6.45, 7) is 9.96. The maximum Gasteiger partial charge on any atom is 0.252 e. The van der Waals surface area contributed by atoms with E-state index >= 15 is 0 Å². The monoisotopic (exact) mass is 194 g/mol. The summed E-state index contributed by atoms with van der Waals surface area (Å²) in [6, 6.07) is 0. The van der Waals surface area contributed by atoms with Gasteiger partial charge in [0.25, 0.3) is 6.73 Å². The molecule has 0 bridgehead atoms. The predicted molar refractivity (Wildman–Crippen MR) is 57.1 cm³/mol. The second kappa shape index (κ2) is 5.11. The van der Waals surface area contributed by atoms with Crippen molar-refractivity contribution in [3.8, 4) is 0 Å². The lowest BCUT2D eigenvalue weighted by Gasteiger charge is -2.05. The molecule has 0 aliphatic heterocycles. The minimum absolute atomic E-state index is 0.657. The SMILES string of the molecule is CCOC[n+]1cc(C)c(C)c(CC)c1. The molecule has 2 heteroatoms. The second-order valence-corrected chi connectivity index (χ2v) is 3.58. The Kier molecular flexibility index (Phi) is 4.08. The van der Waals surface area contributed by atoms with Gasteiger partial charge in [0, 0.05) is 11.1 Å². The van der Waals surface area contributed by atoms with E-state index in [0.717, 1.165) is 13.0 Å². The van der Waals surface area contributed by atoms with E-state index < -0.39 is 0 Å². The van der Waals surface area contributed by atoms with Gasteiger partial charge >= 0.3 is 0 Å². The first-order valence-corrected chi connectivity index (χ1v) is 5.26. The van der Waals surface area contributed by atoms with Crippen LogP contribution in [0, 0.1) is 13.8 Å². The largest absolute Gasteiger partial charge is 0.324 e. The van der Waals surface area contributed by atoms with E-state index in [1.54, 1.807) is 0 Å². The number of hydrogen-bond acceptors (Lipinski definition) is 1. The molecule has 1 heterocycles. The first kappa shape index (κ1) is 11.2. The van der Waals surface area contributed by atoms with Gasteiger partial charge in [-0.1, -0.05) is 6.92 Å². The molecule has 0 aliphatic rings. The number of hydrogen-bond donors (Lipinski definition) is 0. The molecule has 0 atom stereocenters. The zero-order chi connectivity index (χ0) is 10.6. The molecule has 1 aromatic heterocycles. The fourth-order valence-electron chi connectivity index (χ4n) is 1.56. The van der Waals surface area contributed by atoms with Crippen molar-refractivity contribution in [3.63, 3.8) is 0 Å². The van der Waals surface area contributed by atoms with Crippen LogP contribution in [0.25, 0.3) is 0 Å². The van der Waals surface area contributed by atoms with Gasteiger partial charge in [-0.2, -0.15) is 4.57 Å². The predicted octanol–water partition coefficient (Wildman–Crippen LogP) is 2.15. The normalized spacial score (nSPS) is 10.6. The van der Waals surface area contributed by atoms with Gasteiger partial charge in [0.2, 0.25) is 0 Å². The van der Waals surface area contributed by atoms with Crippen molar-refractivity contribution in [2.45, 2.75) is 40.8 Å². The molecule has 0 saturated heterocycles. The molecule has 0 saturated carbocycles. The molecule has 0 N–H and O–H groups in total. The molecular formula is C12H20NO+. The molecule has 1 rings (SSSR count). The van der Waals surface area contributed by atoms with Crippen LogP contribution in [-0.4, -0.2) is 6.61 Å². The van der Waals surface area contributed by atoms with E-state index in [9.17, 15) is 0 Å². The van der Waals surface area contributed by atoms with Crippen molar-refractivity contribution >= 4 is 0 Å². The Labute approximate surface area is 86.5 Å². The highest BCUT2D eigenvalue weighted by Gasteiger charge is 2.08. The Morgan fingerprint density at radius 2 is 1.93 bits per heavy atom. The van der Waals surface area contributed by atoms with E-state index in [1.807, 2.05) is 6.92 Å². The van der Waals surface area contributed by atoms with Crippen LogP contribution in [0.3, 0.4) is 0 Å². The Morgan fingerprint density at radius 3 is 2.50 bits per heavy atom. The highest BCUT2D eigenvalue weighted by molar-refractivity contribution is 5.26. The Hall–Kier alpha value is -0.890. The molecule has 2 nitrogen and oxygen atoms in total. The van der Waals surface area contributed by atoms with Crippen LogP contribution in [0.15, 0.2) is 12.4 Å². The van der Waals surface area contributed by atoms with Crippen LogP contribution in [-0.2, 0) is 17.9 Å². The second-order valence-electron chi connectivity index (χ2n) is 3.58. The maximum atomic E-state index is 5.38. The third-order valence-electron chi connectivity index (χ3n) is 2.58. The summed E-state index contributed by atoms with van der Waals surface area (Å²) >= 11 is 0. The van der Waals surface area contributed by atoms with Gasteiger partial charge in [0.1, 0.15) is 0 Å². The molecule has 0 spiro atoms. The van der Waals surface area contributed by atoms with Crippen LogP contribution in [0.2, 0.25) is 0 Å². The smallest absolute Gasteiger partial charge is 0.252 e. The van der Waals surface area contributed by atoms with Gasteiger partial charge in [-0.05, 0) is 32.8 Å². The lowest BCUT2D eigenvalue weighted by Crippen LogP contribution is -2.35. The fraction of sp³-hybridized carbons (Fsp3) is 0.583. The molecule has 0 amide bonds. The summed E-state index contributed by atoms with van der Waals surface area (Å²) < 4.78 is 7.49. The van der Waals surface area contributed by atoms with Crippen molar-refractivity contribution in [1.82, 2.24) is 0 Å². The summed E-state index contributed by atoms with van der Waals surface area (Å²) in [4.78, 5) is 0. The highest BCUT2D eigenvalue weighted by Crippen LogP contribution is 2.09. The third kappa shape index (κ3) is 2.55. The fourth-order valence-corrected chi connectivity index (χ4v) is 1.56. The van der Waals surface area contributed by atoms with Gasteiger partial charge in [0.05, 0.1) is 6.61 Å². The molecular weight excluding hydrogens is 174 g/mol. The van der Waals surface area contributed by atoms with Crippen LogP contribution in [0.1, 0.15) is 30.5 Å². The Balaban J connectivity index is 2.91. The molecule has 0 unspecified atom stereocenters. The number of ether oxygens (including phenoxy) is 1. The molecule has 78 valence electrons. The van der Waals surface area contributed by atoms with Crippen molar-refractivity contribution in [1.29, 1.82) is 0 Å². The quantitative estimate of drug-likeness (QED) is 0.669. The summed E-state index contributed by atoms with van der Waals surface area (Å²) in [5.41, 5.74) is 4.15. The lowest BCUT2D eigenvalue weighted by atomic mass is 10.1. The average molecular weight is 194 g/mol. The average Bonchev–Trinajstić information content (AvgIpc) is 2.19. The maximum absolute atomic E-state index is 5.38. The lowest BCUT2D eigenvalue weighted by molar-refractivity contribution is -0.733. The molecule has 14 heavy (non-hydrogen) atoms. The molecule has 0 fully saturated rings. The zero-order valence-electron chi connectivity index (χ0n) is 9.63. The molecule has 0 aliphatic carbocycles. The summed E-state index contributed by atoms with van der Waals surface area (Å²) in [5, 5.41) is 0. The highest BCUT2D eigenvalue weighted by atomic mass is 16.5. The van der Waals surface area contributed by atoms with E-state index in [0.29, 0.717) is 6.73 Å². The first-order valence-electron chi connectivity index (χ1n) is 5.26. The van der Waals surface area contributed by atoms with Crippen LogP contribution in [0.4, 0.5) is 0 Å². The third-order valence-corrected chi connectivity index (χ3v) is 2.58. The van der Waals surface area contributed by atoms with Crippen LogP contribution >= 0.6 is 0 Å². The van der Waals surface area contributed by atoms with E-state index in [2.05, 4.69) is 37.7 Å². The minimum Gasteiger partial charge on any atom is -0.324 e. The standard InChI is InChI=1S/C12H20NO/c1-5-12-8-13(9-14-6-2)7-10(3)11(12)4/h7-8H,5-6,9H2,1-4H3/q+1. The van der Waals surface area contributed by atoms with Crippen molar-refractivity contribution < 1.29 is 9.30 Å². The number of aryl methyl sites for hydroxylation is 2. The van der Waals surface area contributed by atoms with Gasteiger partial charge in [-0.3, -0.25) is 0 Å². The van der Waals surface area contributed by atoms with Crippen molar-refractivity contribution in [2.75, 3.05) is 6.61 Å². The molecule has 0 aromatic carbocycles. The number of aromatic nitrogens is 1. The number of rotatable bonds is 4. The van der Waals surface area contributed by atoms with Gasteiger partial charge in [-0.25, -0.2) is 0 Å². The van der Waals surface area contributed by atoms with Crippen molar-refractivity contribution in [2.24, 2.45) is 0 Å². The summed E-state index contributed by atoms with van der Waals surface area (Å²) in [6.07, 6.45) is 5.40. The van der Waals surface area contributed by atoms with E-state index in [4.69, 9.17) is 4.74 Å². The minimum atomic E-state index is 0.657. The summed E-state index contributed by atoms with van der Waals surface area (Å²) in [5.74, 6) is 0. The van der Waals surface area contributed by atoms with E-state index in [1.165, 1.54) is 16.7 Å². The summed E-state index contributed by atoms with van der Waals surface area (Å²) in [7, 11) is 0. The number of nitrogens with zero attached hydrogens (tertiary/aromatic N) is 1. The Morgan fingerprint density at radius 1 is 1.21 bits per heavy atom. The van der Waals surface area contributed by atoms with Gasteiger partial charge in [0.15, 0.2) is 12.4 Å². The van der Waals surface area contributed by atoms with Crippen molar-refractivity contribution in [3.05, 3.63) is 29.1 Å².